The number of rotatable bonds is 15. The number of thioether (sulfide) groups is 1. The Morgan fingerprint density at radius 2 is 1.09 bits per heavy atom. The minimum absolute atomic E-state index is 0.0120. The zero-order valence-electron chi connectivity index (χ0n) is 30.4. The summed E-state index contributed by atoms with van der Waals surface area (Å²) in [5.41, 5.74) is -0.609. The molecule has 1 aromatic rings. The Morgan fingerprint density at radius 1 is 0.630 bits per heavy atom. The lowest BCUT2D eigenvalue weighted by Crippen LogP contribution is -2.64. The number of aldehydes is 1. The maximum Gasteiger partial charge on any atom is 0.303 e. The number of phenols is 1. The van der Waals surface area contributed by atoms with Crippen LogP contribution in [0.15, 0.2) is 18.2 Å². The van der Waals surface area contributed by atoms with E-state index in [9.17, 15) is 43.5 Å². The third-order valence-corrected chi connectivity index (χ3v) is 8.71. The Morgan fingerprint density at radius 3 is 1.59 bits per heavy atom. The molecule has 0 bridgehead atoms. The second-order valence-electron chi connectivity index (χ2n) is 12.0. The van der Waals surface area contributed by atoms with Crippen LogP contribution >= 0.6 is 11.8 Å². The van der Waals surface area contributed by atoms with Crippen molar-refractivity contribution in [2.45, 2.75) is 115 Å². The van der Waals surface area contributed by atoms with Crippen LogP contribution in [0.3, 0.4) is 0 Å². The van der Waals surface area contributed by atoms with Crippen molar-refractivity contribution < 1.29 is 90.8 Å². The van der Waals surface area contributed by atoms with Crippen molar-refractivity contribution in [3.8, 4) is 5.75 Å². The van der Waals surface area contributed by atoms with Gasteiger partial charge in [-0.15, -0.1) is 11.8 Å². The molecule has 20 heteroatoms. The molecular formula is C34H42O19S. The molecule has 0 amide bonds. The van der Waals surface area contributed by atoms with Crippen LogP contribution in [0.1, 0.15) is 64.4 Å². The number of carbonyl (C=O) groups is 8. The van der Waals surface area contributed by atoms with E-state index in [1.54, 1.807) is 0 Å². The summed E-state index contributed by atoms with van der Waals surface area (Å²) in [4.78, 5) is 96.8. The maximum absolute atomic E-state index is 12.4. The smallest absolute Gasteiger partial charge is 0.303 e. The quantitative estimate of drug-likeness (QED) is 0.148. The third-order valence-electron chi connectivity index (χ3n) is 7.50. The predicted molar refractivity (Wildman–Crippen MR) is 178 cm³/mol. The van der Waals surface area contributed by atoms with Crippen molar-refractivity contribution in [2.75, 3.05) is 13.2 Å². The van der Waals surface area contributed by atoms with Gasteiger partial charge < -0.3 is 52.5 Å². The average molecular weight is 787 g/mol. The molecule has 0 aromatic heterocycles. The Hall–Kier alpha value is -4.79. The third kappa shape index (κ3) is 12.7. The van der Waals surface area contributed by atoms with Gasteiger partial charge in [0.1, 0.15) is 30.0 Å². The lowest BCUT2D eigenvalue weighted by molar-refractivity contribution is -0.317. The van der Waals surface area contributed by atoms with Gasteiger partial charge in [0, 0.05) is 54.2 Å². The average Bonchev–Trinajstić information content (AvgIpc) is 3.06. The van der Waals surface area contributed by atoms with Gasteiger partial charge in [0.25, 0.3) is 0 Å². The zero-order valence-corrected chi connectivity index (χ0v) is 31.2. The molecule has 298 valence electrons. The zero-order chi connectivity index (χ0) is 40.3. The highest BCUT2D eigenvalue weighted by Gasteiger charge is 2.55. The minimum Gasteiger partial charge on any atom is -0.507 e. The van der Waals surface area contributed by atoms with Crippen molar-refractivity contribution in [2.24, 2.45) is 0 Å². The topological polar surface area (TPSA) is 249 Å². The Kier molecular flexibility index (Phi) is 16.2. The number of aromatic hydroxyl groups is 1. The van der Waals surface area contributed by atoms with E-state index < -0.39 is 116 Å². The Balaban J connectivity index is 2.05. The molecule has 0 unspecified atom stereocenters. The molecule has 0 saturated carbocycles. The van der Waals surface area contributed by atoms with E-state index in [-0.39, 0.29) is 17.1 Å². The minimum atomic E-state index is -1.66. The van der Waals surface area contributed by atoms with Crippen LogP contribution in [-0.2, 0) is 86.7 Å². The van der Waals surface area contributed by atoms with Gasteiger partial charge in [0.2, 0.25) is 0 Å². The fraction of sp³-hybridized carbons (Fsp3) is 0.588. The SMILES string of the molecule is CC(=O)OC[C@H]1O[C@@H](OC[C@H]2O[C@@H](SCc3ccc(O)c(C=O)c3)[C@H](OC(C)=O)[C@@H](OC(C)=O)[C@@H]2OC(C)=O)[C@H](OC(C)=O)[C@@H](OC(C)=O)[C@@H]1OC(C)=O. The highest BCUT2D eigenvalue weighted by molar-refractivity contribution is 7.99. The molecule has 1 N–H and O–H groups in total. The maximum atomic E-state index is 12.4. The molecule has 2 saturated heterocycles. The molecular weight excluding hydrogens is 744 g/mol. The predicted octanol–water partition coefficient (Wildman–Crippen LogP) is 1.06. The molecule has 1 aromatic carbocycles. The summed E-state index contributed by atoms with van der Waals surface area (Å²) < 4.78 is 56.3. The number of hydrogen-bond donors (Lipinski definition) is 1. The number of ether oxygens (including phenoxy) is 10. The van der Waals surface area contributed by atoms with Gasteiger partial charge in [-0.2, -0.15) is 0 Å². The van der Waals surface area contributed by atoms with E-state index >= 15 is 0 Å². The Bertz CT molecular complexity index is 1560. The lowest BCUT2D eigenvalue weighted by atomic mass is 9.97. The number of phenolic OH excluding ortho intramolecular Hbond substituents is 1. The van der Waals surface area contributed by atoms with E-state index in [1.165, 1.54) is 18.2 Å². The fourth-order valence-corrected chi connectivity index (χ4v) is 6.76. The first-order chi connectivity index (χ1) is 25.4. The summed E-state index contributed by atoms with van der Waals surface area (Å²) in [7, 11) is 0. The summed E-state index contributed by atoms with van der Waals surface area (Å²) in [6.07, 6.45) is -12.9. The van der Waals surface area contributed by atoms with Gasteiger partial charge in [0.15, 0.2) is 49.2 Å². The first-order valence-electron chi connectivity index (χ1n) is 16.4. The highest BCUT2D eigenvalue weighted by atomic mass is 32.2. The highest BCUT2D eigenvalue weighted by Crippen LogP contribution is 2.37. The van der Waals surface area contributed by atoms with Gasteiger partial charge in [-0.05, 0) is 17.7 Å². The first kappa shape index (κ1) is 43.6. The normalized spacial score (nSPS) is 27.7. The van der Waals surface area contributed by atoms with Gasteiger partial charge in [-0.25, -0.2) is 0 Å². The molecule has 0 aliphatic carbocycles. The number of carbonyl (C=O) groups excluding carboxylic acids is 8. The molecule has 10 atom stereocenters. The van der Waals surface area contributed by atoms with Crippen molar-refractivity contribution in [1.82, 2.24) is 0 Å². The van der Waals surface area contributed by atoms with Crippen LogP contribution in [0, 0.1) is 0 Å². The van der Waals surface area contributed by atoms with Crippen molar-refractivity contribution in [3.05, 3.63) is 29.3 Å². The molecule has 2 aliphatic rings. The molecule has 2 fully saturated rings. The molecule has 54 heavy (non-hydrogen) atoms. The van der Waals surface area contributed by atoms with E-state index in [0.717, 1.165) is 60.2 Å². The van der Waals surface area contributed by atoms with Crippen LogP contribution in [0.25, 0.3) is 0 Å². The van der Waals surface area contributed by atoms with Crippen LogP contribution in [0.2, 0.25) is 0 Å². The van der Waals surface area contributed by atoms with E-state index in [1.807, 2.05) is 0 Å². The molecule has 2 heterocycles. The summed E-state index contributed by atoms with van der Waals surface area (Å²) in [5.74, 6) is -5.97. The molecule has 2 aliphatic heterocycles. The summed E-state index contributed by atoms with van der Waals surface area (Å²) in [6.45, 7) is 6.38. The van der Waals surface area contributed by atoms with E-state index in [0.29, 0.717) is 11.8 Å². The molecule has 0 radical (unpaired) electrons. The van der Waals surface area contributed by atoms with Crippen LogP contribution in [0.5, 0.6) is 5.75 Å². The number of hydrogen-bond acceptors (Lipinski definition) is 20. The van der Waals surface area contributed by atoms with Crippen molar-refractivity contribution in [1.29, 1.82) is 0 Å². The van der Waals surface area contributed by atoms with E-state index in [2.05, 4.69) is 0 Å². The first-order valence-corrected chi connectivity index (χ1v) is 17.4. The molecule has 19 nitrogen and oxygen atoms in total. The van der Waals surface area contributed by atoms with E-state index in [4.69, 9.17) is 47.4 Å². The van der Waals surface area contributed by atoms with Gasteiger partial charge in [-0.3, -0.25) is 38.4 Å². The van der Waals surface area contributed by atoms with Crippen LogP contribution < -0.4 is 0 Å². The molecule has 3 rings (SSSR count). The fourth-order valence-electron chi connectivity index (χ4n) is 5.60. The lowest BCUT2D eigenvalue weighted by Gasteiger charge is -2.46. The summed E-state index contributed by atoms with van der Waals surface area (Å²) in [6, 6.07) is 4.28. The van der Waals surface area contributed by atoms with Crippen molar-refractivity contribution in [3.63, 3.8) is 0 Å². The monoisotopic (exact) mass is 786 g/mol. The van der Waals surface area contributed by atoms with Gasteiger partial charge in [0.05, 0.1) is 12.2 Å². The van der Waals surface area contributed by atoms with Crippen LogP contribution in [0.4, 0.5) is 0 Å². The molecule has 0 spiro atoms. The Labute approximate surface area is 313 Å². The standard InChI is InChI=1S/C34H42O19S/c1-15(36)44-12-25-27(46-16(2)37)29(48-18(4)39)31(50-20(6)41)33(52-25)45-13-26-28(47-17(3)38)30(49-19(5)40)32(51-21(7)42)34(53-26)54-14-22-8-9-24(43)23(10-22)11-35/h8-11,25-34,43H,12-14H2,1-7H3/t25-,26-,27-,28-,29+,30+,31-,32-,33-,34+/m1/s1. The second kappa shape index (κ2) is 20.0. The number of esters is 7. The van der Waals surface area contributed by atoms with Gasteiger partial charge >= 0.3 is 41.8 Å². The van der Waals surface area contributed by atoms with Crippen molar-refractivity contribution >= 4 is 59.8 Å². The second-order valence-corrected chi connectivity index (χ2v) is 13.1. The summed E-state index contributed by atoms with van der Waals surface area (Å²) >= 11 is 1.04. The van der Waals surface area contributed by atoms with Gasteiger partial charge in [-0.1, -0.05) is 6.07 Å². The number of benzene rings is 1. The largest absolute Gasteiger partial charge is 0.507 e. The summed E-state index contributed by atoms with van der Waals surface area (Å²) in [5, 5.41) is 9.93. The van der Waals surface area contributed by atoms with Crippen LogP contribution in [-0.4, -0.2) is 127 Å².